The highest BCUT2D eigenvalue weighted by atomic mass is 32.2. The van der Waals surface area contributed by atoms with E-state index < -0.39 is 10.0 Å². The fourth-order valence-corrected chi connectivity index (χ4v) is 4.84. The van der Waals surface area contributed by atoms with Gasteiger partial charge in [-0.15, -0.1) is 0 Å². The van der Waals surface area contributed by atoms with Crippen molar-refractivity contribution in [2.24, 2.45) is 0 Å². The van der Waals surface area contributed by atoms with Crippen LogP contribution in [-0.2, 0) is 14.8 Å². The second-order valence-electron chi connectivity index (χ2n) is 7.63. The van der Waals surface area contributed by atoms with E-state index in [1.807, 2.05) is 12.1 Å². The van der Waals surface area contributed by atoms with E-state index in [-0.39, 0.29) is 28.0 Å². The first kappa shape index (κ1) is 22.3. The molecule has 0 spiro atoms. The molecule has 0 aromatic heterocycles. The largest absolute Gasteiger partial charge is 0.454 e. The van der Waals surface area contributed by atoms with Crippen LogP contribution in [0.1, 0.15) is 29.3 Å². The van der Waals surface area contributed by atoms with E-state index in [1.54, 1.807) is 51.2 Å². The molecule has 0 aliphatic carbocycles. The van der Waals surface area contributed by atoms with E-state index >= 15 is 0 Å². The maximum atomic E-state index is 13.0. The SMILES string of the molecule is CCC(=O)Nc1ccc(S(=O)(=O)Nc2ccc3c(c2)C(=O)N(C)c2ccccc2O3)c(C)c1. The molecule has 0 atom stereocenters. The van der Waals surface area contributed by atoms with Gasteiger partial charge < -0.3 is 15.0 Å². The van der Waals surface area contributed by atoms with Crippen LogP contribution in [0.25, 0.3) is 0 Å². The Morgan fingerprint density at radius 1 is 1.00 bits per heavy atom. The molecule has 0 unspecified atom stereocenters. The summed E-state index contributed by atoms with van der Waals surface area (Å²) in [5, 5.41) is 2.71. The number of benzene rings is 3. The van der Waals surface area contributed by atoms with Crippen LogP contribution in [0.3, 0.4) is 0 Å². The van der Waals surface area contributed by atoms with Crippen molar-refractivity contribution in [1.29, 1.82) is 0 Å². The summed E-state index contributed by atoms with van der Waals surface area (Å²) in [6.07, 6.45) is 0.321. The van der Waals surface area contributed by atoms with Gasteiger partial charge in [-0.25, -0.2) is 8.42 Å². The summed E-state index contributed by atoms with van der Waals surface area (Å²) in [6.45, 7) is 3.38. The van der Waals surface area contributed by atoms with Gasteiger partial charge >= 0.3 is 0 Å². The fraction of sp³-hybridized carbons (Fsp3) is 0.167. The van der Waals surface area contributed by atoms with Gasteiger partial charge in [0.2, 0.25) is 5.91 Å². The Labute approximate surface area is 192 Å². The maximum Gasteiger partial charge on any atom is 0.262 e. The predicted octanol–water partition coefficient (Wildman–Crippen LogP) is 4.53. The maximum absolute atomic E-state index is 13.0. The van der Waals surface area contributed by atoms with Crippen LogP contribution in [0.2, 0.25) is 0 Å². The molecule has 8 nitrogen and oxygen atoms in total. The molecule has 2 N–H and O–H groups in total. The molecule has 170 valence electrons. The van der Waals surface area contributed by atoms with Gasteiger partial charge in [0.15, 0.2) is 5.75 Å². The van der Waals surface area contributed by atoms with E-state index in [9.17, 15) is 18.0 Å². The summed E-state index contributed by atoms with van der Waals surface area (Å²) < 4.78 is 34.5. The van der Waals surface area contributed by atoms with Crippen molar-refractivity contribution in [2.45, 2.75) is 25.2 Å². The Morgan fingerprint density at radius 3 is 2.45 bits per heavy atom. The van der Waals surface area contributed by atoms with Gasteiger partial charge in [0.25, 0.3) is 15.9 Å². The fourth-order valence-electron chi connectivity index (χ4n) is 3.57. The normalized spacial score (nSPS) is 12.8. The van der Waals surface area contributed by atoms with Gasteiger partial charge in [-0.05, 0) is 61.0 Å². The minimum atomic E-state index is -3.94. The number of fused-ring (bicyclic) bond motifs is 2. The molecule has 0 bridgehead atoms. The molecular weight excluding hydrogens is 442 g/mol. The van der Waals surface area contributed by atoms with Crippen LogP contribution in [0.4, 0.5) is 17.1 Å². The number of aryl methyl sites for hydroxylation is 1. The minimum Gasteiger partial charge on any atom is -0.454 e. The van der Waals surface area contributed by atoms with Crippen LogP contribution in [0.15, 0.2) is 65.6 Å². The number of sulfonamides is 1. The molecule has 2 amide bonds. The monoisotopic (exact) mass is 465 g/mol. The van der Waals surface area contributed by atoms with Crippen LogP contribution in [-0.4, -0.2) is 27.3 Å². The zero-order valence-corrected chi connectivity index (χ0v) is 19.2. The summed E-state index contributed by atoms with van der Waals surface area (Å²) in [7, 11) is -2.31. The smallest absolute Gasteiger partial charge is 0.262 e. The average Bonchev–Trinajstić information content (AvgIpc) is 2.88. The van der Waals surface area contributed by atoms with Crippen LogP contribution in [0, 0.1) is 6.92 Å². The third-order valence-electron chi connectivity index (χ3n) is 5.28. The lowest BCUT2D eigenvalue weighted by Crippen LogP contribution is -2.25. The third-order valence-corrected chi connectivity index (χ3v) is 6.82. The third kappa shape index (κ3) is 4.40. The first-order valence-corrected chi connectivity index (χ1v) is 11.8. The number of rotatable bonds is 5. The van der Waals surface area contributed by atoms with E-state index in [4.69, 9.17) is 4.74 Å². The Morgan fingerprint density at radius 2 is 1.73 bits per heavy atom. The molecular formula is C24H23N3O5S. The highest BCUT2D eigenvalue weighted by Crippen LogP contribution is 2.39. The lowest BCUT2D eigenvalue weighted by molar-refractivity contribution is -0.115. The van der Waals surface area contributed by atoms with Gasteiger partial charge in [-0.3, -0.25) is 14.3 Å². The summed E-state index contributed by atoms with van der Waals surface area (Å²) in [4.78, 5) is 26.2. The van der Waals surface area contributed by atoms with E-state index in [1.165, 1.54) is 23.1 Å². The van der Waals surface area contributed by atoms with Gasteiger partial charge in [0.05, 0.1) is 16.1 Å². The minimum absolute atomic E-state index is 0.0686. The zero-order valence-electron chi connectivity index (χ0n) is 18.4. The zero-order chi connectivity index (χ0) is 23.8. The molecule has 1 aliphatic heterocycles. The molecule has 33 heavy (non-hydrogen) atoms. The summed E-state index contributed by atoms with van der Waals surface area (Å²) >= 11 is 0. The van der Waals surface area contributed by atoms with Crippen LogP contribution in [0.5, 0.6) is 11.5 Å². The topological polar surface area (TPSA) is 105 Å². The number of hydrogen-bond donors (Lipinski definition) is 2. The molecule has 0 saturated carbocycles. The van der Waals surface area contributed by atoms with E-state index in [0.717, 1.165) is 0 Å². The predicted molar refractivity (Wildman–Crippen MR) is 127 cm³/mol. The van der Waals surface area contributed by atoms with Gasteiger partial charge in [-0.1, -0.05) is 19.1 Å². The van der Waals surface area contributed by atoms with Crippen molar-refractivity contribution in [3.05, 3.63) is 71.8 Å². The standard InChI is InChI=1S/C24H23N3O5S/c1-4-23(28)25-16-10-12-22(15(2)13-16)33(30,31)26-17-9-11-20-18(14-17)24(29)27(3)19-7-5-6-8-21(19)32-20/h5-14,26H,4H2,1-3H3,(H,25,28). The van der Waals surface area contributed by atoms with Crippen molar-refractivity contribution in [3.63, 3.8) is 0 Å². The summed E-state index contributed by atoms with van der Waals surface area (Å²) in [5.41, 5.74) is 2.08. The molecule has 0 radical (unpaired) electrons. The number of carbonyl (C=O) groups excluding carboxylic acids is 2. The van der Waals surface area contributed by atoms with Crippen molar-refractivity contribution in [3.8, 4) is 11.5 Å². The van der Waals surface area contributed by atoms with Crippen molar-refractivity contribution >= 4 is 38.9 Å². The first-order valence-electron chi connectivity index (χ1n) is 10.3. The second-order valence-corrected chi connectivity index (χ2v) is 9.28. The molecule has 3 aromatic carbocycles. The van der Waals surface area contributed by atoms with Crippen molar-refractivity contribution in [1.82, 2.24) is 0 Å². The Bertz CT molecular complexity index is 1370. The average molecular weight is 466 g/mol. The van der Waals surface area contributed by atoms with Gasteiger partial charge in [-0.2, -0.15) is 0 Å². The van der Waals surface area contributed by atoms with Gasteiger partial charge in [0.1, 0.15) is 5.75 Å². The highest BCUT2D eigenvalue weighted by molar-refractivity contribution is 7.92. The Balaban J connectivity index is 1.63. The molecule has 4 rings (SSSR count). The summed E-state index contributed by atoms with van der Waals surface area (Å²) in [6, 6.07) is 16.3. The molecule has 0 saturated heterocycles. The number of carbonyl (C=O) groups is 2. The number of para-hydroxylation sites is 2. The number of nitrogens with zero attached hydrogens (tertiary/aromatic N) is 1. The Hall–Kier alpha value is -3.85. The lowest BCUT2D eigenvalue weighted by Gasteiger charge is -2.16. The quantitative estimate of drug-likeness (QED) is 0.576. The highest BCUT2D eigenvalue weighted by Gasteiger charge is 2.26. The molecule has 1 aliphatic rings. The molecule has 3 aromatic rings. The summed E-state index contributed by atoms with van der Waals surface area (Å²) in [5.74, 6) is 0.397. The number of hydrogen-bond acceptors (Lipinski definition) is 5. The van der Waals surface area contributed by atoms with Crippen molar-refractivity contribution in [2.75, 3.05) is 22.0 Å². The second kappa shape index (κ2) is 8.59. The lowest BCUT2D eigenvalue weighted by atomic mass is 10.1. The van der Waals surface area contributed by atoms with Gasteiger partial charge in [0, 0.05) is 24.8 Å². The number of anilines is 3. The van der Waals surface area contributed by atoms with Crippen LogP contribution < -0.4 is 19.7 Å². The van der Waals surface area contributed by atoms with E-state index in [2.05, 4.69) is 10.0 Å². The van der Waals surface area contributed by atoms with Crippen LogP contribution >= 0.6 is 0 Å². The van der Waals surface area contributed by atoms with Crippen molar-refractivity contribution < 1.29 is 22.7 Å². The molecule has 1 heterocycles. The van der Waals surface area contributed by atoms with E-state index in [0.29, 0.717) is 34.9 Å². The molecule has 0 fully saturated rings. The Kier molecular flexibility index (Phi) is 5.82. The molecule has 9 heteroatoms. The first-order chi connectivity index (χ1) is 15.7. The number of amides is 2. The number of nitrogens with one attached hydrogen (secondary N) is 2. The number of ether oxygens (including phenoxy) is 1.